The molecule has 0 aromatic carbocycles. The van der Waals surface area contributed by atoms with Crippen molar-refractivity contribution in [1.82, 2.24) is 14.9 Å². The van der Waals surface area contributed by atoms with E-state index in [-0.39, 0.29) is 18.0 Å². The lowest BCUT2D eigenvalue weighted by atomic mass is 9.96. The van der Waals surface area contributed by atoms with E-state index in [4.69, 9.17) is 0 Å². The van der Waals surface area contributed by atoms with Crippen molar-refractivity contribution < 1.29 is 4.79 Å². The Kier molecular flexibility index (Phi) is 4.39. The van der Waals surface area contributed by atoms with Crippen LogP contribution in [0.2, 0.25) is 0 Å². The third-order valence-corrected chi connectivity index (χ3v) is 5.33. The lowest BCUT2D eigenvalue weighted by Gasteiger charge is -2.25. The molecule has 2 aromatic heterocycles. The van der Waals surface area contributed by atoms with E-state index in [1.165, 1.54) is 30.6 Å². The largest absolute Gasteiger partial charge is 0.346 e. The van der Waals surface area contributed by atoms with Crippen LogP contribution in [-0.2, 0) is 4.79 Å². The van der Waals surface area contributed by atoms with Gasteiger partial charge < -0.3 is 9.88 Å². The third kappa shape index (κ3) is 3.18. The Morgan fingerprint density at radius 3 is 2.90 bits per heavy atom. The van der Waals surface area contributed by atoms with Gasteiger partial charge in [-0.3, -0.25) is 4.79 Å². The van der Waals surface area contributed by atoms with Crippen LogP contribution in [0.5, 0.6) is 0 Å². The summed E-state index contributed by atoms with van der Waals surface area (Å²) >= 11 is 1.74. The molecule has 0 spiro atoms. The summed E-state index contributed by atoms with van der Waals surface area (Å²) in [5, 5.41) is 5.36. The minimum atomic E-state index is -0.226. The molecule has 2 aromatic rings. The number of imidazole rings is 1. The SMILES string of the molecule is CC(C(=O)NC(c1cccs1)C1CCCC1)n1ccnc1. The van der Waals surface area contributed by atoms with Crippen LogP contribution in [0, 0.1) is 5.92 Å². The van der Waals surface area contributed by atoms with Gasteiger partial charge in [0.15, 0.2) is 0 Å². The van der Waals surface area contributed by atoms with Gasteiger partial charge in [0.2, 0.25) is 5.91 Å². The molecule has 1 aliphatic rings. The molecule has 5 heteroatoms. The first-order chi connectivity index (χ1) is 10.3. The molecule has 0 saturated heterocycles. The van der Waals surface area contributed by atoms with Gasteiger partial charge in [-0.1, -0.05) is 18.9 Å². The van der Waals surface area contributed by atoms with E-state index in [0.717, 1.165) is 0 Å². The Bertz CT molecular complexity index is 558. The van der Waals surface area contributed by atoms with E-state index in [9.17, 15) is 4.79 Å². The standard InChI is InChI=1S/C16H21N3OS/c1-12(19-9-8-17-11-19)16(20)18-15(13-5-2-3-6-13)14-7-4-10-21-14/h4,7-13,15H,2-3,5-6H2,1H3,(H,18,20). The summed E-state index contributed by atoms with van der Waals surface area (Å²) in [5.41, 5.74) is 0. The van der Waals surface area contributed by atoms with Crippen LogP contribution in [0.25, 0.3) is 0 Å². The van der Waals surface area contributed by atoms with E-state index in [0.29, 0.717) is 5.92 Å². The zero-order valence-electron chi connectivity index (χ0n) is 12.2. The molecule has 21 heavy (non-hydrogen) atoms. The molecule has 3 rings (SSSR count). The minimum Gasteiger partial charge on any atom is -0.346 e. The van der Waals surface area contributed by atoms with Crippen LogP contribution in [0.3, 0.4) is 0 Å². The fourth-order valence-corrected chi connectivity index (χ4v) is 3.96. The Balaban J connectivity index is 1.73. The number of thiophene rings is 1. The monoisotopic (exact) mass is 303 g/mol. The molecule has 4 nitrogen and oxygen atoms in total. The summed E-state index contributed by atoms with van der Waals surface area (Å²) in [6, 6.07) is 4.13. The highest BCUT2D eigenvalue weighted by atomic mass is 32.1. The average molecular weight is 303 g/mol. The second-order valence-corrected chi connectivity index (χ2v) is 6.71. The molecule has 2 unspecified atom stereocenters. The summed E-state index contributed by atoms with van der Waals surface area (Å²) in [4.78, 5) is 17.8. The number of amides is 1. The zero-order valence-corrected chi connectivity index (χ0v) is 13.1. The maximum Gasteiger partial charge on any atom is 0.243 e. The van der Waals surface area contributed by atoms with Gasteiger partial charge in [-0.25, -0.2) is 4.98 Å². The van der Waals surface area contributed by atoms with Gasteiger partial charge >= 0.3 is 0 Å². The smallest absolute Gasteiger partial charge is 0.243 e. The highest BCUT2D eigenvalue weighted by molar-refractivity contribution is 7.10. The van der Waals surface area contributed by atoms with Crippen LogP contribution < -0.4 is 5.32 Å². The summed E-state index contributed by atoms with van der Waals surface area (Å²) in [5.74, 6) is 0.640. The van der Waals surface area contributed by atoms with Crippen LogP contribution in [0.1, 0.15) is 49.6 Å². The first-order valence-electron chi connectivity index (χ1n) is 7.57. The number of rotatable bonds is 5. The Morgan fingerprint density at radius 2 is 2.29 bits per heavy atom. The van der Waals surface area contributed by atoms with Crippen LogP contribution in [0.15, 0.2) is 36.2 Å². The summed E-state index contributed by atoms with van der Waals surface area (Å²) in [6.45, 7) is 1.91. The van der Waals surface area contributed by atoms with Crippen molar-refractivity contribution in [2.24, 2.45) is 5.92 Å². The maximum atomic E-state index is 12.5. The molecule has 0 aliphatic heterocycles. The van der Waals surface area contributed by atoms with Gasteiger partial charge in [-0.05, 0) is 37.1 Å². The molecule has 1 fully saturated rings. The fraction of sp³-hybridized carbons (Fsp3) is 0.500. The van der Waals surface area contributed by atoms with Crippen molar-refractivity contribution in [2.45, 2.75) is 44.7 Å². The van der Waals surface area contributed by atoms with E-state index >= 15 is 0 Å². The molecule has 2 atom stereocenters. The van der Waals surface area contributed by atoms with Crippen molar-refractivity contribution in [1.29, 1.82) is 0 Å². The Hall–Kier alpha value is -1.62. The topological polar surface area (TPSA) is 46.9 Å². The fourth-order valence-electron chi connectivity index (χ4n) is 3.09. The number of carbonyl (C=O) groups excluding carboxylic acids is 1. The van der Waals surface area contributed by atoms with E-state index in [1.54, 1.807) is 23.9 Å². The molecule has 0 bridgehead atoms. The molecular weight excluding hydrogens is 282 g/mol. The van der Waals surface area contributed by atoms with Crippen molar-refractivity contribution in [2.75, 3.05) is 0 Å². The summed E-state index contributed by atoms with van der Waals surface area (Å²) in [6.07, 6.45) is 10.2. The van der Waals surface area contributed by atoms with Gasteiger partial charge in [0.05, 0.1) is 12.4 Å². The molecule has 0 radical (unpaired) electrons. The second kappa shape index (κ2) is 6.43. The lowest BCUT2D eigenvalue weighted by molar-refractivity contribution is -0.125. The van der Waals surface area contributed by atoms with Crippen LogP contribution in [0.4, 0.5) is 0 Å². The van der Waals surface area contributed by atoms with Gasteiger partial charge in [-0.2, -0.15) is 0 Å². The number of hydrogen-bond acceptors (Lipinski definition) is 3. The molecular formula is C16H21N3OS. The average Bonchev–Trinajstić information content (AvgIpc) is 3.27. The predicted molar refractivity (Wildman–Crippen MR) is 84.1 cm³/mol. The predicted octanol–water partition coefficient (Wildman–Crippen LogP) is 3.55. The number of nitrogens with zero attached hydrogens (tertiary/aromatic N) is 2. The zero-order chi connectivity index (χ0) is 14.7. The van der Waals surface area contributed by atoms with E-state index < -0.39 is 0 Å². The quantitative estimate of drug-likeness (QED) is 0.918. The molecule has 1 aliphatic carbocycles. The van der Waals surface area contributed by atoms with Crippen molar-refractivity contribution in [3.8, 4) is 0 Å². The number of hydrogen-bond donors (Lipinski definition) is 1. The molecule has 1 amide bonds. The van der Waals surface area contributed by atoms with Crippen molar-refractivity contribution in [3.63, 3.8) is 0 Å². The highest BCUT2D eigenvalue weighted by Crippen LogP contribution is 2.37. The van der Waals surface area contributed by atoms with Crippen molar-refractivity contribution >= 4 is 17.2 Å². The van der Waals surface area contributed by atoms with Crippen LogP contribution in [-0.4, -0.2) is 15.5 Å². The van der Waals surface area contributed by atoms with E-state index in [1.807, 2.05) is 17.7 Å². The first-order valence-corrected chi connectivity index (χ1v) is 8.45. The van der Waals surface area contributed by atoms with Gasteiger partial charge in [0.25, 0.3) is 0 Å². The highest BCUT2D eigenvalue weighted by Gasteiger charge is 2.29. The third-order valence-electron chi connectivity index (χ3n) is 4.37. The molecule has 112 valence electrons. The first kappa shape index (κ1) is 14.3. The summed E-state index contributed by atoms with van der Waals surface area (Å²) < 4.78 is 1.84. The number of carbonyl (C=O) groups is 1. The van der Waals surface area contributed by atoms with Crippen LogP contribution >= 0.6 is 11.3 Å². The molecule has 1 N–H and O–H groups in total. The van der Waals surface area contributed by atoms with E-state index in [2.05, 4.69) is 27.8 Å². The van der Waals surface area contributed by atoms with Gasteiger partial charge in [-0.15, -0.1) is 11.3 Å². The molecule has 2 heterocycles. The number of nitrogens with one attached hydrogen (secondary N) is 1. The Labute approximate surface area is 129 Å². The summed E-state index contributed by atoms with van der Waals surface area (Å²) in [7, 11) is 0. The van der Waals surface area contributed by atoms with Gasteiger partial charge in [0.1, 0.15) is 6.04 Å². The lowest BCUT2D eigenvalue weighted by Crippen LogP contribution is -2.36. The second-order valence-electron chi connectivity index (χ2n) is 5.73. The normalized spacial score (nSPS) is 18.5. The molecule has 1 saturated carbocycles. The minimum absolute atomic E-state index is 0.0679. The number of aromatic nitrogens is 2. The maximum absolute atomic E-state index is 12.5. The van der Waals surface area contributed by atoms with Gasteiger partial charge in [0, 0.05) is 17.3 Å². The van der Waals surface area contributed by atoms with Crippen molar-refractivity contribution in [3.05, 3.63) is 41.1 Å². The Morgan fingerprint density at radius 1 is 1.48 bits per heavy atom.